The lowest BCUT2D eigenvalue weighted by Crippen LogP contribution is -2.42. The first-order chi connectivity index (χ1) is 8.94. The molecular formula is C15H26O4. The third kappa shape index (κ3) is 5.05. The summed E-state index contributed by atoms with van der Waals surface area (Å²) >= 11 is 0. The smallest absolute Gasteiger partial charge is 0.323 e. The average molecular weight is 270 g/mol. The van der Waals surface area contributed by atoms with Crippen LogP contribution in [0.4, 0.5) is 0 Å². The second-order valence-electron chi connectivity index (χ2n) is 4.73. The molecule has 19 heavy (non-hydrogen) atoms. The SMILES string of the molecule is C=C(C)CCC(CCC)(C(=O)OCC)C(=O)OCC. The molecule has 4 heteroatoms. The number of rotatable bonds is 9. The van der Waals surface area contributed by atoms with Gasteiger partial charge in [-0.1, -0.05) is 18.9 Å². The predicted octanol–water partition coefficient (Wildman–Crippen LogP) is 3.26. The van der Waals surface area contributed by atoms with Gasteiger partial charge in [0.2, 0.25) is 0 Å². The summed E-state index contributed by atoms with van der Waals surface area (Å²) in [6.45, 7) is 11.6. The third-order valence-electron chi connectivity index (χ3n) is 2.99. The largest absolute Gasteiger partial charge is 0.465 e. The molecule has 0 saturated carbocycles. The molecule has 4 nitrogen and oxygen atoms in total. The van der Waals surface area contributed by atoms with Crippen LogP contribution in [-0.4, -0.2) is 25.2 Å². The fourth-order valence-electron chi connectivity index (χ4n) is 2.01. The minimum Gasteiger partial charge on any atom is -0.465 e. The summed E-state index contributed by atoms with van der Waals surface area (Å²) in [5.41, 5.74) is -0.242. The molecule has 0 atom stereocenters. The molecule has 0 aromatic carbocycles. The van der Waals surface area contributed by atoms with Gasteiger partial charge in [-0.25, -0.2) is 0 Å². The highest BCUT2D eigenvalue weighted by Gasteiger charge is 2.47. The van der Waals surface area contributed by atoms with Gasteiger partial charge in [-0.05, 0) is 40.0 Å². The van der Waals surface area contributed by atoms with Crippen molar-refractivity contribution in [1.82, 2.24) is 0 Å². The summed E-state index contributed by atoms with van der Waals surface area (Å²) < 4.78 is 10.2. The van der Waals surface area contributed by atoms with Gasteiger partial charge >= 0.3 is 11.9 Å². The molecule has 0 spiro atoms. The van der Waals surface area contributed by atoms with E-state index in [2.05, 4.69) is 6.58 Å². The summed E-state index contributed by atoms with van der Waals surface area (Å²) in [6.07, 6.45) is 2.16. The molecule has 0 aliphatic carbocycles. The molecule has 0 aromatic heterocycles. The Kier molecular flexibility index (Phi) is 8.12. The molecule has 0 heterocycles. The van der Waals surface area contributed by atoms with E-state index in [-0.39, 0.29) is 13.2 Å². The van der Waals surface area contributed by atoms with Gasteiger partial charge in [-0.3, -0.25) is 9.59 Å². The van der Waals surface area contributed by atoms with E-state index in [0.717, 1.165) is 5.57 Å². The summed E-state index contributed by atoms with van der Waals surface area (Å²) in [5, 5.41) is 0. The van der Waals surface area contributed by atoms with Crippen LogP contribution in [0, 0.1) is 5.41 Å². The Morgan fingerprint density at radius 1 is 1.00 bits per heavy atom. The van der Waals surface area contributed by atoms with Crippen molar-refractivity contribution in [2.24, 2.45) is 5.41 Å². The molecule has 0 rings (SSSR count). The van der Waals surface area contributed by atoms with E-state index >= 15 is 0 Å². The zero-order valence-electron chi connectivity index (χ0n) is 12.6. The van der Waals surface area contributed by atoms with Crippen molar-refractivity contribution in [1.29, 1.82) is 0 Å². The van der Waals surface area contributed by atoms with E-state index in [1.807, 2.05) is 13.8 Å². The normalized spacial score (nSPS) is 10.9. The van der Waals surface area contributed by atoms with E-state index in [1.165, 1.54) is 0 Å². The zero-order chi connectivity index (χ0) is 14.9. The van der Waals surface area contributed by atoms with Gasteiger partial charge < -0.3 is 9.47 Å². The molecule has 0 aliphatic heterocycles. The van der Waals surface area contributed by atoms with Gasteiger partial charge in [-0.2, -0.15) is 0 Å². The lowest BCUT2D eigenvalue weighted by Gasteiger charge is -2.28. The standard InChI is InChI=1S/C15H26O4/c1-6-10-15(11-9-12(4)5,13(16)18-7-2)14(17)19-8-3/h4,6-11H2,1-3,5H3. The fourth-order valence-corrected chi connectivity index (χ4v) is 2.01. The van der Waals surface area contributed by atoms with Crippen molar-refractivity contribution < 1.29 is 19.1 Å². The van der Waals surface area contributed by atoms with Crippen LogP contribution in [0.15, 0.2) is 12.2 Å². The highest BCUT2D eigenvalue weighted by atomic mass is 16.6. The van der Waals surface area contributed by atoms with Crippen molar-refractivity contribution in [3.05, 3.63) is 12.2 Å². The van der Waals surface area contributed by atoms with E-state index in [1.54, 1.807) is 13.8 Å². The first-order valence-electron chi connectivity index (χ1n) is 6.93. The van der Waals surface area contributed by atoms with E-state index in [0.29, 0.717) is 25.7 Å². The quantitative estimate of drug-likeness (QED) is 0.366. The average Bonchev–Trinajstić information content (AvgIpc) is 2.34. The molecule has 0 N–H and O–H groups in total. The molecule has 0 aromatic rings. The topological polar surface area (TPSA) is 52.6 Å². The molecule has 0 unspecified atom stereocenters. The summed E-state index contributed by atoms with van der Waals surface area (Å²) in [6, 6.07) is 0. The van der Waals surface area contributed by atoms with E-state index in [4.69, 9.17) is 9.47 Å². The maximum absolute atomic E-state index is 12.2. The molecule has 0 saturated heterocycles. The summed E-state index contributed by atoms with van der Waals surface area (Å²) in [4.78, 5) is 24.5. The number of esters is 2. The second kappa shape index (κ2) is 8.73. The Hall–Kier alpha value is -1.32. The van der Waals surface area contributed by atoms with Crippen molar-refractivity contribution in [3.63, 3.8) is 0 Å². The fraction of sp³-hybridized carbons (Fsp3) is 0.733. The Morgan fingerprint density at radius 2 is 1.47 bits per heavy atom. The highest BCUT2D eigenvalue weighted by Crippen LogP contribution is 2.34. The van der Waals surface area contributed by atoms with Crippen molar-refractivity contribution in [2.75, 3.05) is 13.2 Å². The van der Waals surface area contributed by atoms with E-state index < -0.39 is 17.4 Å². The van der Waals surface area contributed by atoms with Crippen LogP contribution in [0.25, 0.3) is 0 Å². The molecule has 110 valence electrons. The van der Waals surface area contributed by atoms with Crippen LogP contribution in [0.2, 0.25) is 0 Å². The number of allylic oxidation sites excluding steroid dienone is 1. The van der Waals surface area contributed by atoms with Gasteiger partial charge in [0, 0.05) is 0 Å². The van der Waals surface area contributed by atoms with Crippen molar-refractivity contribution in [2.45, 2.75) is 53.4 Å². The van der Waals surface area contributed by atoms with Crippen LogP contribution in [-0.2, 0) is 19.1 Å². The lowest BCUT2D eigenvalue weighted by molar-refractivity contribution is -0.173. The molecular weight excluding hydrogens is 244 g/mol. The molecule has 0 radical (unpaired) electrons. The van der Waals surface area contributed by atoms with Gasteiger partial charge in [-0.15, -0.1) is 6.58 Å². The van der Waals surface area contributed by atoms with E-state index in [9.17, 15) is 9.59 Å². The monoisotopic (exact) mass is 270 g/mol. The third-order valence-corrected chi connectivity index (χ3v) is 2.99. The van der Waals surface area contributed by atoms with Gasteiger partial charge in [0.25, 0.3) is 0 Å². The zero-order valence-corrected chi connectivity index (χ0v) is 12.6. The molecule has 0 fully saturated rings. The first kappa shape index (κ1) is 17.7. The van der Waals surface area contributed by atoms with Crippen LogP contribution >= 0.6 is 0 Å². The predicted molar refractivity (Wildman–Crippen MR) is 74.7 cm³/mol. The minimum absolute atomic E-state index is 0.261. The number of ether oxygens (including phenoxy) is 2. The Morgan fingerprint density at radius 3 is 1.79 bits per heavy atom. The van der Waals surface area contributed by atoms with Crippen molar-refractivity contribution in [3.8, 4) is 0 Å². The molecule has 0 amide bonds. The van der Waals surface area contributed by atoms with Gasteiger partial charge in [0.15, 0.2) is 5.41 Å². The van der Waals surface area contributed by atoms with Crippen LogP contribution < -0.4 is 0 Å². The Bertz CT molecular complexity index is 302. The minimum atomic E-state index is -1.18. The lowest BCUT2D eigenvalue weighted by atomic mass is 9.78. The first-order valence-corrected chi connectivity index (χ1v) is 6.93. The molecule has 0 bridgehead atoms. The second-order valence-corrected chi connectivity index (χ2v) is 4.73. The number of hydrogen-bond acceptors (Lipinski definition) is 4. The maximum atomic E-state index is 12.2. The van der Waals surface area contributed by atoms with Gasteiger partial charge in [0.1, 0.15) is 0 Å². The van der Waals surface area contributed by atoms with Crippen molar-refractivity contribution >= 4 is 11.9 Å². The maximum Gasteiger partial charge on any atom is 0.323 e. The van der Waals surface area contributed by atoms with Gasteiger partial charge in [0.05, 0.1) is 13.2 Å². The highest BCUT2D eigenvalue weighted by molar-refractivity contribution is 6.00. The number of carbonyl (C=O) groups excluding carboxylic acids is 2. The van der Waals surface area contributed by atoms with Crippen LogP contribution in [0.3, 0.4) is 0 Å². The number of carbonyl (C=O) groups is 2. The van der Waals surface area contributed by atoms with Crippen LogP contribution in [0.1, 0.15) is 53.4 Å². The van der Waals surface area contributed by atoms with Crippen LogP contribution in [0.5, 0.6) is 0 Å². The Balaban J connectivity index is 5.25. The number of hydrogen-bond donors (Lipinski definition) is 0. The summed E-state index contributed by atoms with van der Waals surface area (Å²) in [7, 11) is 0. The Labute approximate surface area is 116 Å². The molecule has 0 aliphatic rings. The summed E-state index contributed by atoms with van der Waals surface area (Å²) in [5.74, 6) is -0.951.